The van der Waals surface area contributed by atoms with E-state index in [1.807, 2.05) is 6.08 Å². The minimum absolute atomic E-state index is 1.16. The molecule has 0 aliphatic heterocycles. The maximum absolute atomic E-state index is 3.42. The molecule has 0 aromatic carbocycles. The summed E-state index contributed by atoms with van der Waals surface area (Å²) in [6, 6.07) is 0. The third-order valence-corrected chi connectivity index (χ3v) is 0.727. The van der Waals surface area contributed by atoms with E-state index >= 15 is 0 Å². The Labute approximate surface area is 37.5 Å². The minimum atomic E-state index is 1.16. The van der Waals surface area contributed by atoms with Crippen LogP contribution in [-0.4, -0.2) is 0 Å². The first kappa shape index (κ1) is 3.45. The van der Waals surface area contributed by atoms with E-state index in [0.717, 1.165) is 6.42 Å². The van der Waals surface area contributed by atoms with Crippen molar-refractivity contribution in [3.63, 3.8) is 0 Å². The molecule has 0 nitrogen and oxygen atoms in total. The molecule has 0 saturated heterocycles. The van der Waals surface area contributed by atoms with Gasteiger partial charge in [0.15, 0.2) is 0 Å². The van der Waals surface area contributed by atoms with Gasteiger partial charge in [0.1, 0.15) is 0 Å². The van der Waals surface area contributed by atoms with Crippen LogP contribution in [0.2, 0.25) is 0 Å². The summed E-state index contributed by atoms with van der Waals surface area (Å²) in [5.74, 6) is 0. The van der Waals surface area contributed by atoms with Gasteiger partial charge in [-0.3, -0.25) is 0 Å². The smallest absolute Gasteiger partial charge is 0.00882 e. The lowest BCUT2D eigenvalue weighted by molar-refractivity contribution is 1.60. The monoisotopic (exact) mass is 78.0 g/mol. The highest BCUT2D eigenvalue weighted by Crippen LogP contribution is 2.17. The Bertz CT molecular complexity index is 123. The molecule has 30 valence electrons. The van der Waals surface area contributed by atoms with E-state index in [9.17, 15) is 0 Å². The summed E-state index contributed by atoms with van der Waals surface area (Å²) in [5, 5.41) is 0. The van der Waals surface area contributed by atoms with Crippen molar-refractivity contribution in [2.24, 2.45) is 0 Å². The van der Waals surface area contributed by atoms with Crippen LogP contribution >= 0.6 is 0 Å². The molecule has 0 atom stereocenters. The molecule has 0 bridgehead atoms. The third kappa shape index (κ3) is 0.602. The molecule has 0 unspecified atom stereocenters. The van der Waals surface area contributed by atoms with Crippen LogP contribution in [0.15, 0.2) is 30.0 Å². The molecular formula is C6H6. The SMILES string of the molecule is C=C=CC1=CC1. The predicted octanol–water partition coefficient (Wildman–Crippen LogP) is 1.66. The fraction of sp³-hybridized carbons (Fsp3) is 0.167. The van der Waals surface area contributed by atoms with E-state index in [1.54, 1.807) is 0 Å². The van der Waals surface area contributed by atoms with Gasteiger partial charge in [-0.15, -0.1) is 5.73 Å². The lowest BCUT2D eigenvalue weighted by Gasteiger charge is -1.58. The van der Waals surface area contributed by atoms with Gasteiger partial charge in [-0.05, 0) is 18.1 Å². The molecule has 0 saturated carbocycles. The van der Waals surface area contributed by atoms with Crippen LogP contribution in [0.1, 0.15) is 6.42 Å². The van der Waals surface area contributed by atoms with Crippen molar-refractivity contribution >= 4 is 0 Å². The van der Waals surface area contributed by atoms with Crippen molar-refractivity contribution in [3.8, 4) is 0 Å². The van der Waals surface area contributed by atoms with Crippen LogP contribution in [0, 0.1) is 0 Å². The van der Waals surface area contributed by atoms with Gasteiger partial charge in [0.2, 0.25) is 0 Å². The molecule has 1 rings (SSSR count). The lowest BCUT2D eigenvalue weighted by atomic mass is 10.5. The highest BCUT2D eigenvalue weighted by atomic mass is 14.0. The maximum atomic E-state index is 3.42. The minimum Gasteiger partial charge on any atom is -0.128 e. The molecule has 0 aromatic heterocycles. The van der Waals surface area contributed by atoms with E-state index < -0.39 is 0 Å². The van der Waals surface area contributed by atoms with Crippen LogP contribution in [0.5, 0.6) is 0 Å². The van der Waals surface area contributed by atoms with Crippen molar-refractivity contribution in [3.05, 3.63) is 30.0 Å². The van der Waals surface area contributed by atoms with Crippen molar-refractivity contribution in [2.45, 2.75) is 6.42 Å². The summed E-state index contributed by atoms with van der Waals surface area (Å²) in [5.41, 5.74) is 4.05. The van der Waals surface area contributed by atoms with Crippen molar-refractivity contribution < 1.29 is 0 Å². The number of allylic oxidation sites excluding steroid dienone is 3. The topological polar surface area (TPSA) is 0 Å². The molecule has 0 radical (unpaired) electrons. The summed E-state index contributed by atoms with van der Waals surface area (Å²) in [4.78, 5) is 0. The fourth-order valence-corrected chi connectivity index (χ4v) is 0.308. The van der Waals surface area contributed by atoms with E-state index in [0.29, 0.717) is 0 Å². The number of hydrogen-bond donors (Lipinski definition) is 0. The molecule has 1 aliphatic carbocycles. The summed E-state index contributed by atoms with van der Waals surface area (Å²) in [7, 11) is 0. The van der Waals surface area contributed by atoms with Gasteiger partial charge in [0.05, 0.1) is 0 Å². The lowest BCUT2D eigenvalue weighted by Crippen LogP contribution is -1.39. The maximum Gasteiger partial charge on any atom is -0.00882 e. The first-order valence-corrected chi connectivity index (χ1v) is 1.98. The zero-order chi connectivity index (χ0) is 4.41. The summed E-state index contributed by atoms with van der Waals surface area (Å²) in [6.45, 7) is 3.42. The molecule has 6 heavy (non-hydrogen) atoms. The molecule has 0 heteroatoms. The molecule has 0 aromatic rings. The predicted molar refractivity (Wildman–Crippen MR) is 26.4 cm³/mol. The second-order valence-corrected chi connectivity index (χ2v) is 1.33. The van der Waals surface area contributed by atoms with E-state index in [-0.39, 0.29) is 0 Å². The summed E-state index contributed by atoms with van der Waals surface area (Å²) < 4.78 is 0. The van der Waals surface area contributed by atoms with Gasteiger partial charge in [-0.2, -0.15) is 0 Å². The molecule has 0 amide bonds. The zero-order valence-electron chi connectivity index (χ0n) is 3.57. The Balaban J connectivity index is 2.54. The van der Waals surface area contributed by atoms with Crippen LogP contribution in [0.4, 0.5) is 0 Å². The van der Waals surface area contributed by atoms with Gasteiger partial charge in [-0.25, -0.2) is 0 Å². The van der Waals surface area contributed by atoms with Crippen LogP contribution in [0.3, 0.4) is 0 Å². The van der Waals surface area contributed by atoms with E-state index in [2.05, 4.69) is 18.4 Å². The summed E-state index contributed by atoms with van der Waals surface area (Å²) >= 11 is 0. The molecule has 0 fully saturated rings. The largest absolute Gasteiger partial charge is 0.128 e. The first-order chi connectivity index (χ1) is 2.93. The Kier molecular flexibility index (Phi) is 0.664. The fourth-order valence-electron chi connectivity index (χ4n) is 0.308. The van der Waals surface area contributed by atoms with Crippen LogP contribution in [0.25, 0.3) is 0 Å². The Morgan fingerprint density at radius 2 is 2.67 bits per heavy atom. The Morgan fingerprint density at radius 1 is 2.00 bits per heavy atom. The average molecular weight is 78.1 g/mol. The second-order valence-electron chi connectivity index (χ2n) is 1.33. The average Bonchev–Trinajstić information content (AvgIpc) is 2.21. The van der Waals surface area contributed by atoms with Gasteiger partial charge < -0.3 is 0 Å². The second kappa shape index (κ2) is 1.16. The van der Waals surface area contributed by atoms with Gasteiger partial charge in [0.25, 0.3) is 0 Å². The Hall–Kier alpha value is -0.740. The summed E-state index contributed by atoms with van der Waals surface area (Å²) in [6.07, 6.45) is 5.20. The quantitative estimate of drug-likeness (QED) is 0.418. The normalized spacial score (nSPS) is 15.0. The van der Waals surface area contributed by atoms with Crippen LogP contribution < -0.4 is 0 Å². The molecule has 0 spiro atoms. The zero-order valence-corrected chi connectivity index (χ0v) is 3.57. The molecule has 0 N–H and O–H groups in total. The molecule has 0 heterocycles. The van der Waals surface area contributed by atoms with E-state index in [1.165, 1.54) is 5.57 Å². The van der Waals surface area contributed by atoms with Gasteiger partial charge >= 0.3 is 0 Å². The first-order valence-electron chi connectivity index (χ1n) is 1.98. The van der Waals surface area contributed by atoms with Crippen molar-refractivity contribution in [2.75, 3.05) is 0 Å². The van der Waals surface area contributed by atoms with E-state index in [4.69, 9.17) is 0 Å². The standard InChI is InChI=1S/C6H6/c1-2-3-6-4-5-6/h3-4H,1,5H2. The molecular weight excluding hydrogens is 72.1 g/mol. The number of hydrogen-bond acceptors (Lipinski definition) is 0. The van der Waals surface area contributed by atoms with Crippen molar-refractivity contribution in [1.82, 2.24) is 0 Å². The third-order valence-electron chi connectivity index (χ3n) is 0.727. The molecule has 1 aliphatic rings. The Morgan fingerprint density at radius 3 is 2.83 bits per heavy atom. The number of rotatable bonds is 1. The highest BCUT2D eigenvalue weighted by molar-refractivity contribution is 5.32. The van der Waals surface area contributed by atoms with Gasteiger partial charge in [0, 0.05) is 0 Å². The van der Waals surface area contributed by atoms with Gasteiger partial charge in [-0.1, -0.05) is 12.7 Å². The van der Waals surface area contributed by atoms with Crippen molar-refractivity contribution in [1.29, 1.82) is 0 Å². The van der Waals surface area contributed by atoms with Crippen LogP contribution in [-0.2, 0) is 0 Å². The highest BCUT2D eigenvalue weighted by Gasteiger charge is 1.98.